The zero-order valence-corrected chi connectivity index (χ0v) is 14.2. The summed E-state index contributed by atoms with van der Waals surface area (Å²) in [5.74, 6) is 0.638. The number of aryl methyl sites for hydroxylation is 1. The Labute approximate surface area is 151 Å². The third-order valence-electron chi connectivity index (χ3n) is 4.04. The SMILES string of the molecule is NC(=O)[C@H](NC(=O)CCc1ccc(-c2ccccc2)o1)c1ccccc1. The van der Waals surface area contributed by atoms with Crippen molar-refractivity contribution in [2.24, 2.45) is 5.73 Å². The van der Waals surface area contributed by atoms with Gasteiger partial charge in [-0.1, -0.05) is 60.7 Å². The van der Waals surface area contributed by atoms with E-state index in [1.165, 1.54) is 0 Å². The third kappa shape index (κ3) is 4.39. The molecule has 0 saturated carbocycles. The van der Waals surface area contributed by atoms with E-state index in [1.807, 2.05) is 48.5 Å². The molecule has 0 bridgehead atoms. The molecule has 0 radical (unpaired) electrons. The Balaban J connectivity index is 1.59. The van der Waals surface area contributed by atoms with E-state index >= 15 is 0 Å². The van der Waals surface area contributed by atoms with Crippen LogP contribution in [0.5, 0.6) is 0 Å². The predicted octanol–water partition coefficient (Wildman–Crippen LogP) is 3.22. The second-order valence-corrected chi connectivity index (χ2v) is 5.95. The predicted molar refractivity (Wildman–Crippen MR) is 99.0 cm³/mol. The van der Waals surface area contributed by atoms with Crippen LogP contribution in [0.4, 0.5) is 0 Å². The molecule has 132 valence electrons. The number of primary amides is 1. The summed E-state index contributed by atoms with van der Waals surface area (Å²) in [5, 5.41) is 2.69. The highest BCUT2D eigenvalue weighted by atomic mass is 16.3. The second-order valence-electron chi connectivity index (χ2n) is 5.95. The Hall–Kier alpha value is -3.34. The molecule has 3 rings (SSSR count). The minimum absolute atomic E-state index is 0.207. The highest BCUT2D eigenvalue weighted by Crippen LogP contribution is 2.22. The van der Waals surface area contributed by atoms with Crippen molar-refractivity contribution < 1.29 is 14.0 Å². The number of furan rings is 1. The second kappa shape index (κ2) is 8.16. The number of nitrogens with two attached hydrogens (primary N) is 1. The van der Waals surface area contributed by atoms with E-state index in [4.69, 9.17) is 10.2 Å². The van der Waals surface area contributed by atoms with Gasteiger partial charge in [0.05, 0.1) is 0 Å². The van der Waals surface area contributed by atoms with Gasteiger partial charge in [0, 0.05) is 18.4 Å². The van der Waals surface area contributed by atoms with E-state index in [0.717, 1.165) is 11.3 Å². The fourth-order valence-electron chi connectivity index (χ4n) is 2.70. The Morgan fingerprint density at radius 2 is 1.58 bits per heavy atom. The molecule has 0 saturated heterocycles. The first kappa shape index (κ1) is 17.5. The summed E-state index contributed by atoms with van der Waals surface area (Å²) in [4.78, 5) is 23.9. The monoisotopic (exact) mass is 348 g/mol. The maximum Gasteiger partial charge on any atom is 0.244 e. The molecule has 0 spiro atoms. The first-order valence-electron chi connectivity index (χ1n) is 8.41. The van der Waals surface area contributed by atoms with E-state index < -0.39 is 11.9 Å². The van der Waals surface area contributed by atoms with Gasteiger partial charge in [-0.3, -0.25) is 9.59 Å². The van der Waals surface area contributed by atoms with Crippen LogP contribution in [0.1, 0.15) is 23.8 Å². The molecule has 26 heavy (non-hydrogen) atoms. The average molecular weight is 348 g/mol. The van der Waals surface area contributed by atoms with Gasteiger partial charge in [0.2, 0.25) is 11.8 Å². The van der Waals surface area contributed by atoms with Gasteiger partial charge in [-0.15, -0.1) is 0 Å². The number of hydrogen-bond donors (Lipinski definition) is 2. The number of nitrogens with one attached hydrogen (secondary N) is 1. The summed E-state index contributed by atoms with van der Waals surface area (Å²) in [5.41, 5.74) is 7.07. The summed E-state index contributed by atoms with van der Waals surface area (Å²) < 4.78 is 5.79. The summed E-state index contributed by atoms with van der Waals surface area (Å²) >= 11 is 0. The van der Waals surface area contributed by atoms with Gasteiger partial charge in [0.1, 0.15) is 17.6 Å². The van der Waals surface area contributed by atoms with Crippen molar-refractivity contribution in [3.8, 4) is 11.3 Å². The largest absolute Gasteiger partial charge is 0.461 e. The zero-order chi connectivity index (χ0) is 18.4. The van der Waals surface area contributed by atoms with Crippen LogP contribution in [0, 0.1) is 0 Å². The first-order chi connectivity index (χ1) is 12.6. The minimum atomic E-state index is -0.833. The lowest BCUT2D eigenvalue weighted by Crippen LogP contribution is -2.37. The molecule has 1 heterocycles. The van der Waals surface area contributed by atoms with Crippen molar-refractivity contribution in [2.75, 3.05) is 0 Å². The molecule has 3 aromatic rings. The molecular formula is C21H20N2O3. The summed E-state index contributed by atoms with van der Waals surface area (Å²) in [6, 6.07) is 21.6. The Kier molecular flexibility index (Phi) is 5.49. The summed E-state index contributed by atoms with van der Waals surface area (Å²) in [6.45, 7) is 0. The summed E-state index contributed by atoms with van der Waals surface area (Å²) in [7, 11) is 0. The van der Waals surface area contributed by atoms with E-state index in [-0.39, 0.29) is 12.3 Å². The molecule has 1 atom stereocenters. The lowest BCUT2D eigenvalue weighted by Gasteiger charge is -2.15. The van der Waals surface area contributed by atoms with Gasteiger partial charge in [-0.05, 0) is 17.7 Å². The fourth-order valence-corrected chi connectivity index (χ4v) is 2.70. The Morgan fingerprint density at radius 1 is 0.923 bits per heavy atom. The number of benzene rings is 2. The van der Waals surface area contributed by atoms with Crippen molar-refractivity contribution >= 4 is 11.8 Å². The van der Waals surface area contributed by atoms with Crippen molar-refractivity contribution in [3.05, 3.63) is 84.1 Å². The number of hydrogen-bond acceptors (Lipinski definition) is 3. The maximum atomic E-state index is 12.2. The lowest BCUT2D eigenvalue weighted by atomic mass is 10.1. The minimum Gasteiger partial charge on any atom is -0.461 e. The smallest absolute Gasteiger partial charge is 0.244 e. The molecule has 5 heteroatoms. The highest BCUT2D eigenvalue weighted by Gasteiger charge is 2.20. The van der Waals surface area contributed by atoms with Crippen LogP contribution in [-0.2, 0) is 16.0 Å². The van der Waals surface area contributed by atoms with Gasteiger partial charge >= 0.3 is 0 Å². The zero-order valence-electron chi connectivity index (χ0n) is 14.2. The highest BCUT2D eigenvalue weighted by molar-refractivity contribution is 5.87. The van der Waals surface area contributed by atoms with Crippen LogP contribution in [0.3, 0.4) is 0 Å². The lowest BCUT2D eigenvalue weighted by molar-refractivity contribution is -0.127. The number of carbonyl (C=O) groups is 2. The van der Waals surface area contributed by atoms with Crippen LogP contribution in [0.2, 0.25) is 0 Å². The molecule has 0 fully saturated rings. The normalized spacial score (nSPS) is 11.7. The molecule has 0 aliphatic rings. The number of rotatable bonds is 7. The van der Waals surface area contributed by atoms with Gasteiger partial charge in [-0.2, -0.15) is 0 Å². The third-order valence-corrected chi connectivity index (χ3v) is 4.04. The molecule has 0 aliphatic carbocycles. The Bertz CT molecular complexity index is 873. The van der Waals surface area contributed by atoms with E-state index in [2.05, 4.69) is 5.32 Å². The van der Waals surface area contributed by atoms with Crippen molar-refractivity contribution in [2.45, 2.75) is 18.9 Å². The summed E-state index contributed by atoms with van der Waals surface area (Å²) in [6.07, 6.45) is 0.650. The fraction of sp³-hybridized carbons (Fsp3) is 0.143. The molecule has 5 nitrogen and oxygen atoms in total. The molecular weight excluding hydrogens is 328 g/mol. The Morgan fingerprint density at radius 3 is 2.23 bits per heavy atom. The van der Waals surface area contributed by atoms with Crippen LogP contribution < -0.4 is 11.1 Å². The molecule has 1 aromatic heterocycles. The van der Waals surface area contributed by atoms with Gasteiger partial charge in [0.15, 0.2) is 0 Å². The number of amides is 2. The van der Waals surface area contributed by atoms with E-state index in [1.54, 1.807) is 24.3 Å². The van der Waals surface area contributed by atoms with E-state index in [9.17, 15) is 9.59 Å². The average Bonchev–Trinajstić information content (AvgIpc) is 3.15. The maximum absolute atomic E-state index is 12.2. The van der Waals surface area contributed by atoms with E-state index in [0.29, 0.717) is 17.7 Å². The van der Waals surface area contributed by atoms with Crippen LogP contribution in [0.25, 0.3) is 11.3 Å². The molecule has 0 unspecified atom stereocenters. The van der Waals surface area contributed by atoms with Crippen molar-refractivity contribution in [3.63, 3.8) is 0 Å². The quantitative estimate of drug-likeness (QED) is 0.687. The molecule has 0 aliphatic heterocycles. The standard InChI is InChI=1S/C21H20N2O3/c22-21(25)20(16-9-5-2-6-10-16)23-19(24)14-12-17-11-13-18(26-17)15-7-3-1-4-8-15/h1-11,13,20H,12,14H2,(H2,22,25)(H,23,24)/t20-/m1/s1. The van der Waals surface area contributed by atoms with Crippen molar-refractivity contribution in [1.82, 2.24) is 5.32 Å². The van der Waals surface area contributed by atoms with Gasteiger partial charge < -0.3 is 15.5 Å². The molecule has 2 amide bonds. The van der Waals surface area contributed by atoms with Gasteiger partial charge in [0.25, 0.3) is 0 Å². The molecule has 2 aromatic carbocycles. The van der Waals surface area contributed by atoms with Crippen LogP contribution >= 0.6 is 0 Å². The van der Waals surface area contributed by atoms with Crippen LogP contribution in [0.15, 0.2) is 77.2 Å². The first-order valence-corrected chi connectivity index (χ1v) is 8.41. The number of carbonyl (C=O) groups excluding carboxylic acids is 2. The topological polar surface area (TPSA) is 85.3 Å². The van der Waals surface area contributed by atoms with Gasteiger partial charge in [-0.25, -0.2) is 0 Å². The van der Waals surface area contributed by atoms with Crippen LogP contribution in [-0.4, -0.2) is 11.8 Å². The van der Waals surface area contributed by atoms with Crippen molar-refractivity contribution in [1.29, 1.82) is 0 Å². The molecule has 3 N–H and O–H groups in total.